The van der Waals surface area contributed by atoms with Crippen LogP contribution in [0.4, 0.5) is 0 Å². The van der Waals surface area contributed by atoms with Gasteiger partial charge in [0.1, 0.15) is 0 Å². The predicted octanol–water partition coefficient (Wildman–Crippen LogP) is 13.9. The van der Waals surface area contributed by atoms with Gasteiger partial charge in [0, 0.05) is 70.5 Å². The van der Waals surface area contributed by atoms with Crippen LogP contribution in [0, 0.1) is 0 Å². The van der Waals surface area contributed by atoms with Crippen LogP contribution in [0.1, 0.15) is 0 Å². The van der Waals surface area contributed by atoms with Crippen LogP contribution in [-0.4, -0.2) is 13.4 Å². The average molecular weight is 696 g/mol. The molecular formula is C52H29N3. The lowest BCUT2D eigenvalue weighted by atomic mass is 9.99. The molecule has 3 nitrogen and oxygen atoms in total. The van der Waals surface area contributed by atoms with Gasteiger partial charge in [-0.3, -0.25) is 0 Å². The highest BCUT2D eigenvalue weighted by Crippen LogP contribution is 2.47. The standard InChI is InChI=1S/C52H29N3/c1-2-12-32(13-3-1)53-45-22-7-6-15-35(45)42-27-31(24-26-46(42)53)34-16-8-17-36-37-18-9-20-39-43-28-47-44(29-48(43)55(50(34)36)51(37)39)40-21-10-19-38-41-25-23-30-11-4-5-14-33(30)49(41)54(47)52(38)40/h1-29H. The molecule has 0 saturated heterocycles. The van der Waals surface area contributed by atoms with E-state index < -0.39 is 0 Å². The summed E-state index contributed by atoms with van der Waals surface area (Å²) in [6, 6.07) is 65.5. The maximum Gasteiger partial charge on any atom is 0.0620 e. The van der Waals surface area contributed by atoms with Crippen molar-refractivity contribution >= 4 is 109 Å². The molecule has 0 amide bonds. The second-order valence-corrected chi connectivity index (χ2v) is 15.3. The highest BCUT2D eigenvalue weighted by atomic mass is 15.0. The summed E-state index contributed by atoms with van der Waals surface area (Å²) < 4.78 is 7.52. The fourth-order valence-electron chi connectivity index (χ4n) is 10.5. The Bertz CT molecular complexity index is 3930. The van der Waals surface area contributed by atoms with Gasteiger partial charge < -0.3 is 13.4 Å². The van der Waals surface area contributed by atoms with E-state index >= 15 is 0 Å². The van der Waals surface area contributed by atoms with E-state index in [2.05, 4.69) is 189 Å². The van der Waals surface area contributed by atoms with Crippen LogP contribution in [0.15, 0.2) is 176 Å². The molecule has 0 N–H and O–H groups in total. The first-order valence-corrected chi connectivity index (χ1v) is 19.1. The van der Waals surface area contributed by atoms with Crippen molar-refractivity contribution in [3.05, 3.63) is 176 Å². The summed E-state index contributed by atoms with van der Waals surface area (Å²) in [6.07, 6.45) is 0. The minimum absolute atomic E-state index is 1.18. The third kappa shape index (κ3) is 3.35. The van der Waals surface area contributed by atoms with E-state index in [0.717, 1.165) is 0 Å². The lowest BCUT2D eigenvalue weighted by Gasteiger charge is -2.09. The van der Waals surface area contributed by atoms with E-state index in [1.807, 2.05) is 0 Å². The van der Waals surface area contributed by atoms with Crippen molar-refractivity contribution in [1.82, 2.24) is 13.4 Å². The quantitative estimate of drug-likeness (QED) is 0.171. The molecule has 55 heavy (non-hydrogen) atoms. The van der Waals surface area contributed by atoms with Gasteiger partial charge in [-0.25, -0.2) is 0 Å². The third-order valence-corrected chi connectivity index (χ3v) is 12.7. The molecule has 0 bridgehead atoms. The molecule has 5 aromatic heterocycles. The van der Waals surface area contributed by atoms with Gasteiger partial charge in [-0.2, -0.15) is 0 Å². The highest BCUT2D eigenvalue weighted by molar-refractivity contribution is 6.31. The first kappa shape index (κ1) is 28.2. The van der Waals surface area contributed by atoms with Crippen LogP contribution in [0.5, 0.6) is 0 Å². The molecule has 0 aliphatic heterocycles. The Hall–Kier alpha value is -7.36. The van der Waals surface area contributed by atoms with Gasteiger partial charge in [0.2, 0.25) is 0 Å². The van der Waals surface area contributed by atoms with Gasteiger partial charge in [0.25, 0.3) is 0 Å². The van der Waals surface area contributed by atoms with Crippen molar-refractivity contribution in [1.29, 1.82) is 0 Å². The van der Waals surface area contributed by atoms with Crippen molar-refractivity contribution in [2.75, 3.05) is 0 Å². The number of fused-ring (bicyclic) bond motifs is 17. The number of nitrogens with zero attached hydrogens (tertiary/aromatic N) is 3. The second kappa shape index (κ2) is 9.79. The fraction of sp³-hybridized carbons (Fsp3) is 0. The summed E-state index contributed by atoms with van der Waals surface area (Å²) in [4.78, 5) is 0. The molecule has 0 unspecified atom stereocenters. The molecule has 5 heterocycles. The molecule has 0 atom stereocenters. The molecular weight excluding hydrogens is 667 g/mol. The zero-order valence-corrected chi connectivity index (χ0v) is 29.6. The van der Waals surface area contributed by atoms with Gasteiger partial charge in [0.15, 0.2) is 0 Å². The Morgan fingerprint density at radius 1 is 0.273 bits per heavy atom. The number of benzene rings is 9. The Balaban J connectivity index is 1.11. The Labute approximate surface area is 313 Å². The molecule has 0 aliphatic carbocycles. The van der Waals surface area contributed by atoms with Gasteiger partial charge in [-0.15, -0.1) is 0 Å². The molecule has 14 rings (SSSR count). The first-order chi connectivity index (χ1) is 27.3. The topological polar surface area (TPSA) is 13.8 Å². The molecule has 0 spiro atoms. The highest BCUT2D eigenvalue weighted by Gasteiger charge is 2.24. The van der Waals surface area contributed by atoms with Crippen LogP contribution >= 0.6 is 0 Å². The van der Waals surface area contributed by atoms with Crippen LogP contribution in [0.2, 0.25) is 0 Å². The monoisotopic (exact) mass is 695 g/mol. The van der Waals surface area contributed by atoms with E-state index in [-0.39, 0.29) is 0 Å². The van der Waals surface area contributed by atoms with Crippen LogP contribution in [0.3, 0.4) is 0 Å². The molecule has 0 saturated carbocycles. The smallest absolute Gasteiger partial charge is 0.0620 e. The number of aromatic nitrogens is 3. The van der Waals surface area contributed by atoms with Crippen LogP contribution in [-0.2, 0) is 0 Å². The number of rotatable bonds is 2. The van der Waals surface area contributed by atoms with Crippen LogP contribution < -0.4 is 0 Å². The molecule has 0 radical (unpaired) electrons. The molecule has 14 aromatic rings. The van der Waals surface area contributed by atoms with Crippen molar-refractivity contribution in [2.45, 2.75) is 0 Å². The van der Waals surface area contributed by atoms with Crippen molar-refractivity contribution in [3.63, 3.8) is 0 Å². The number of hydrogen-bond acceptors (Lipinski definition) is 0. The second-order valence-electron chi connectivity index (χ2n) is 15.3. The largest absolute Gasteiger partial charge is 0.309 e. The summed E-state index contributed by atoms with van der Waals surface area (Å²) in [6.45, 7) is 0. The van der Waals surface area contributed by atoms with E-state index in [9.17, 15) is 0 Å². The Morgan fingerprint density at radius 2 is 0.782 bits per heavy atom. The van der Waals surface area contributed by atoms with E-state index in [1.165, 1.54) is 126 Å². The Morgan fingerprint density at radius 3 is 1.53 bits per heavy atom. The van der Waals surface area contributed by atoms with Crippen molar-refractivity contribution in [2.24, 2.45) is 0 Å². The molecule has 0 fully saturated rings. The lowest BCUT2D eigenvalue weighted by Crippen LogP contribution is -1.93. The number of hydrogen-bond donors (Lipinski definition) is 0. The molecule has 0 aliphatic rings. The summed E-state index contributed by atoms with van der Waals surface area (Å²) in [5.41, 5.74) is 13.8. The Kier molecular flexibility index (Phi) is 5.01. The van der Waals surface area contributed by atoms with Crippen molar-refractivity contribution < 1.29 is 0 Å². The normalized spacial score (nSPS) is 12.7. The molecule has 252 valence electrons. The minimum atomic E-state index is 1.18. The average Bonchev–Trinajstić information content (AvgIpc) is 4.03. The fourth-order valence-corrected chi connectivity index (χ4v) is 10.5. The SMILES string of the molecule is c1ccc(-n2c3ccccc3c3cc(-c4cccc5c6cccc7c8cc9c(cc8n(c45)c76)c4cccc5c6ccc7ccccc7c6n9c45)ccc32)cc1. The van der Waals surface area contributed by atoms with E-state index in [1.54, 1.807) is 0 Å². The van der Waals surface area contributed by atoms with Crippen LogP contribution in [0.25, 0.3) is 126 Å². The van der Waals surface area contributed by atoms with Crippen molar-refractivity contribution in [3.8, 4) is 16.8 Å². The summed E-state index contributed by atoms with van der Waals surface area (Å²) in [7, 11) is 0. The maximum absolute atomic E-state index is 2.57. The van der Waals surface area contributed by atoms with E-state index in [0.29, 0.717) is 0 Å². The summed E-state index contributed by atoms with van der Waals surface area (Å²) in [5.74, 6) is 0. The van der Waals surface area contributed by atoms with Gasteiger partial charge in [-0.1, -0.05) is 133 Å². The lowest BCUT2D eigenvalue weighted by molar-refractivity contribution is 1.18. The third-order valence-electron chi connectivity index (χ3n) is 12.7. The minimum Gasteiger partial charge on any atom is -0.309 e. The number of para-hydroxylation sites is 5. The molecule has 3 heteroatoms. The molecule has 9 aromatic carbocycles. The van der Waals surface area contributed by atoms with E-state index in [4.69, 9.17) is 0 Å². The van der Waals surface area contributed by atoms with Gasteiger partial charge in [0.05, 0.1) is 44.1 Å². The zero-order valence-electron chi connectivity index (χ0n) is 29.6. The maximum atomic E-state index is 2.57. The predicted molar refractivity (Wildman–Crippen MR) is 233 cm³/mol. The first-order valence-electron chi connectivity index (χ1n) is 19.1. The zero-order chi connectivity index (χ0) is 35.5. The summed E-state index contributed by atoms with van der Waals surface area (Å²) >= 11 is 0. The van der Waals surface area contributed by atoms with Gasteiger partial charge in [-0.05, 0) is 53.4 Å². The summed E-state index contributed by atoms with van der Waals surface area (Å²) in [5, 5.41) is 15.5. The van der Waals surface area contributed by atoms with Gasteiger partial charge >= 0.3 is 0 Å².